The van der Waals surface area contributed by atoms with E-state index in [4.69, 9.17) is 4.42 Å². The number of nitrogens with zero attached hydrogens (tertiary/aromatic N) is 1. The van der Waals surface area contributed by atoms with Crippen molar-refractivity contribution in [3.8, 4) is 0 Å². The fourth-order valence-electron chi connectivity index (χ4n) is 1.87. The van der Waals surface area contributed by atoms with E-state index in [0.717, 1.165) is 25.4 Å². The van der Waals surface area contributed by atoms with Crippen molar-refractivity contribution in [1.29, 1.82) is 0 Å². The lowest BCUT2D eigenvalue weighted by Crippen LogP contribution is -2.33. The summed E-state index contributed by atoms with van der Waals surface area (Å²) in [5.41, 5.74) is 0. The van der Waals surface area contributed by atoms with Crippen LogP contribution in [-0.2, 0) is 6.54 Å². The molecule has 2 heterocycles. The third kappa shape index (κ3) is 2.86. The molecule has 1 aromatic heterocycles. The molecule has 2 rings (SSSR count). The van der Waals surface area contributed by atoms with Crippen molar-refractivity contribution < 1.29 is 4.42 Å². The molecule has 1 aliphatic rings. The zero-order chi connectivity index (χ0) is 9.64. The molecule has 14 heavy (non-hydrogen) atoms. The van der Waals surface area contributed by atoms with Crippen LogP contribution in [0.2, 0.25) is 0 Å². The van der Waals surface area contributed by atoms with Gasteiger partial charge in [-0.1, -0.05) is 0 Å². The Labute approximate surface area is 85.1 Å². The average molecular weight is 194 g/mol. The minimum atomic E-state index is 0.965. The van der Waals surface area contributed by atoms with Crippen LogP contribution in [0.5, 0.6) is 0 Å². The molecule has 0 atom stereocenters. The topological polar surface area (TPSA) is 28.4 Å². The van der Waals surface area contributed by atoms with Gasteiger partial charge >= 0.3 is 0 Å². The van der Waals surface area contributed by atoms with E-state index in [9.17, 15) is 0 Å². The average Bonchev–Trinajstić information content (AvgIpc) is 2.62. The van der Waals surface area contributed by atoms with Gasteiger partial charge in [0.2, 0.25) is 0 Å². The van der Waals surface area contributed by atoms with Gasteiger partial charge in [-0.3, -0.25) is 4.90 Å². The first-order valence-corrected chi connectivity index (χ1v) is 5.40. The number of rotatable bonds is 2. The van der Waals surface area contributed by atoms with E-state index in [0.29, 0.717) is 0 Å². The molecule has 0 saturated carbocycles. The first-order valence-electron chi connectivity index (χ1n) is 5.40. The lowest BCUT2D eigenvalue weighted by Gasteiger charge is -2.23. The summed E-state index contributed by atoms with van der Waals surface area (Å²) in [6.45, 7) is 5.61. The molecule has 0 spiro atoms. The van der Waals surface area contributed by atoms with Gasteiger partial charge in [-0.25, -0.2) is 0 Å². The van der Waals surface area contributed by atoms with Crippen molar-refractivity contribution in [2.45, 2.75) is 19.4 Å². The van der Waals surface area contributed by atoms with Gasteiger partial charge in [-0.05, 0) is 51.2 Å². The normalized spacial score (nSPS) is 20.3. The van der Waals surface area contributed by atoms with Crippen LogP contribution in [0.25, 0.3) is 0 Å². The van der Waals surface area contributed by atoms with E-state index in [1.807, 2.05) is 6.07 Å². The second-order valence-electron chi connectivity index (χ2n) is 3.81. The molecule has 1 aliphatic heterocycles. The van der Waals surface area contributed by atoms with Crippen molar-refractivity contribution in [2.24, 2.45) is 0 Å². The molecule has 1 fully saturated rings. The fourth-order valence-corrected chi connectivity index (χ4v) is 1.87. The number of nitrogens with one attached hydrogen (secondary N) is 1. The summed E-state index contributed by atoms with van der Waals surface area (Å²) in [6.07, 6.45) is 4.22. The van der Waals surface area contributed by atoms with Crippen molar-refractivity contribution in [3.05, 3.63) is 24.2 Å². The smallest absolute Gasteiger partial charge is 0.117 e. The highest BCUT2D eigenvalue weighted by Gasteiger charge is 2.09. The molecule has 0 unspecified atom stereocenters. The van der Waals surface area contributed by atoms with Gasteiger partial charge in [0.05, 0.1) is 12.8 Å². The highest BCUT2D eigenvalue weighted by atomic mass is 16.3. The molecule has 0 radical (unpaired) electrons. The maximum atomic E-state index is 5.35. The Hall–Kier alpha value is -0.800. The van der Waals surface area contributed by atoms with Crippen molar-refractivity contribution >= 4 is 0 Å². The zero-order valence-electron chi connectivity index (χ0n) is 8.54. The van der Waals surface area contributed by atoms with Gasteiger partial charge in [-0.2, -0.15) is 0 Å². The van der Waals surface area contributed by atoms with Gasteiger partial charge < -0.3 is 9.73 Å². The summed E-state index contributed by atoms with van der Waals surface area (Å²) in [5, 5.41) is 3.42. The van der Waals surface area contributed by atoms with Gasteiger partial charge in [0, 0.05) is 0 Å². The summed E-state index contributed by atoms with van der Waals surface area (Å²) in [6, 6.07) is 4.01. The van der Waals surface area contributed by atoms with E-state index in [1.165, 1.54) is 25.9 Å². The molecule has 1 saturated heterocycles. The second-order valence-corrected chi connectivity index (χ2v) is 3.81. The number of furan rings is 1. The van der Waals surface area contributed by atoms with Crippen molar-refractivity contribution in [2.75, 3.05) is 26.2 Å². The molecule has 3 heteroatoms. The summed E-state index contributed by atoms with van der Waals surface area (Å²) in [5.74, 6) is 1.08. The van der Waals surface area contributed by atoms with Gasteiger partial charge in [-0.15, -0.1) is 0 Å². The Morgan fingerprint density at radius 1 is 1.29 bits per heavy atom. The largest absolute Gasteiger partial charge is 0.468 e. The molecule has 0 aliphatic carbocycles. The highest BCUT2D eigenvalue weighted by Crippen LogP contribution is 2.07. The van der Waals surface area contributed by atoms with Gasteiger partial charge in [0.15, 0.2) is 0 Å². The molecule has 0 aromatic carbocycles. The van der Waals surface area contributed by atoms with E-state index in [2.05, 4.69) is 16.3 Å². The monoisotopic (exact) mass is 194 g/mol. The summed E-state index contributed by atoms with van der Waals surface area (Å²) in [7, 11) is 0. The molecule has 0 amide bonds. The third-order valence-electron chi connectivity index (χ3n) is 2.62. The first-order chi connectivity index (χ1) is 6.95. The van der Waals surface area contributed by atoms with Crippen LogP contribution < -0.4 is 5.32 Å². The van der Waals surface area contributed by atoms with E-state index in [1.54, 1.807) is 6.26 Å². The highest BCUT2D eigenvalue weighted by molar-refractivity contribution is 4.97. The Bertz CT molecular complexity index is 238. The second kappa shape index (κ2) is 5.17. The van der Waals surface area contributed by atoms with Gasteiger partial charge in [0.25, 0.3) is 0 Å². The molecule has 3 nitrogen and oxygen atoms in total. The lowest BCUT2D eigenvalue weighted by atomic mass is 10.2. The Balaban J connectivity index is 1.83. The lowest BCUT2D eigenvalue weighted by molar-refractivity contribution is 0.226. The van der Waals surface area contributed by atoms with Crippen LogP contribution >= 0.6 is 0 Å². The van der Waals surface area contributed by atoms with Crippen molar-refractivity contribution in [1.82, 2.24) is 10.2 Å². The van der Waals surface area contributed by atoms with E-state index >= 15 is 0 Å². The Kier molecular flexibility index (Phi) is 3.60. The predicted octanol–water partition coefficient (Wildman–Crippen LogP) is 1.46. The van der Waals surface area contributed by atoms with Crippen LogP contribution in [-0.4, -0.2) is 31.1 Å². The van der Waals surface area contributed by atoms with Crippen LogP contribution in [0.3, 0.4) is 0 Å². The van der Waals surface area contributed by atoms with E-state index in [-0.39, 0.29) is 0 Å². The first kappa shape index (κ1) is 9.74. The van der Waals surface area contributed by atoms with E-state index < -0.39 is 0 Å². The third-order valence-corrected chi connectivity index (χ3v) is 2.62. The molecule has 1 aromatic rings. The Morgan fingerprint density at radius 2 is 2.07 bits per heavy atom. The minimum absolute atomic E-state index is 0.965. The summed E-state index contributed by atoms with van der Waals surface area (Å²) < 4.78 is 5.35. The molecular formula is C11H18N2O. The molecule has 0 bridgehead atoms. The number of hydrogen-bond acceptors (Lipinski definition) is 3. The summed E-state index contributed by atoms with van der Waals surface area (Å²) >= 11 is 0. The number of hydrogen-bond donors (Lipinski definition) is 1. The van der Waals surface area contributed by atoms with Gasteiger partial charge in [0.1, 0.15) is 5.76 Å². The zero-order valence-corrected chi connectivity index (χ0v) is 8.54. The van der Waals surface area contributed by atoms with Crippen LogP contribution in [0.15, 0.2) is 22.8 Å². The fraction of sp³-hybridized carbons (Fsp3) is 0.636. The predicted molar refractivity (Wildman–Crippen MR) is 56.1 cm³/mol. The molecule has 1 N–H and O–H groups in total. The molecular weight excluding hydrogens is 176 g/mol. The maximum Gasteiger partial charge on any atom is 0.117 e. The SMILES string of the molecule is c1coc(CN2CCCNCCC2)c1. The van der Waals surface area contributed by atoms with Crippen LogP contribution in [0, 0.1) is 0 Å². The van der Waals surface area contributed by atoms with Crippen molar-refractivity contribution in [3.63, 3.8) is 0 Å². The van der Waals surface area contributed by atoms with Crippen LogP contribution in [0.1, 0.15) is 18.6 Å². The quantitative estimate of drug-likeness (QED) is 0.772. The standard InChI is InChI=1S/C11H18N2O/c1-4-11(14-9-1)10-13-7-2-5-12-6-3-8-13/h1,4,9,12H,2-3,5-8,10H2. The van der Waals surface area contributed by atoms with Crippen LogP contribution in [0.4, 0.5) is 0 Å². The minimum Gasteiger partial charge on any atom is -0.468 e. The maximum absolute atomic E-state index is 5.35. The Morgan fingerprint density at radius 3 is 2.71 bits per heavy atom. The molecule has 78 valence electrons. The summed E-state index contributed by atoms with van der Waals surface area (Å²) in [4.78, 5) is 2.47.